The molecule has 121 valence electrons. The van der Waals surface area contributed by atoms with Crippen LogP contribution in [0.15, 0.2) is 11.6 Å². The van der Waals surface area contributed by atoms with Gasteiger partial charge in [-0.25, -0.2) is 0 Å². The van der Waals surface area contributed by atoms with E-state index in [1.165, 1.54) is 5.57 Å². The Kier molecular flexibility index (Phi) is 4.29. The minimum atomic E-state index is -0.339. The largest absolute Gasteiger partial charge is 0.392 e. The Morgan fingerprint density at radius 2 is 2.00 bits per heavy atom. The number of ether oxygens (including phenoxy) is 2. The summed E-state index contributed by atoms with van der Waals surface area (Å²) < 4.78 is 12.6. The van der Waals surface area contributed by atoms with Crippen LogP contribution in [-0.4, -0.2) is 35.6 Å². The molecule has 2 bridgehead atoms. The Hall–Kier alpha value is 1.06. The maximum atomic E-state index is 11.1. The standard InChI is InChI=1S/C18H28O3.Ac/c1-6-17-8-11(3)10(2)7-13(17)21-15-12(4)14(19)16(17,5)18(15)9-20-18;/h7,11-15,19H,6,8-9H2,1-5H3;. The number of epoxide rings is 1. The van der Waals surface area contributed by atoms with Crippen molar-refractivity contribution in [3.63, 3.8) is 0 Å². The molecule has 0 aromatic rings. The van der Waals surface area contributed by atoms with Gasteiger partial charge in [-0.1, -0.05) is 39.3 Å². The number of aliphatic hydroxyl groups is 1. The summed E-state index contributed by atoms with van der Waals surface area (Å²) in [5, 5.41) is 11.1. The van der Waals surface area contributed by atoms with Crippen LogP contribution in [0.4, 0.5) is 0 Å². The van der Waals surface area contributed by atoms with Crippen molar-refractivity contribution in [2.45, 2.75) is 71.4 Å². The third-order valence-electron chi connectivity index (χ3n) is 7.73. The predicted octanol–water partition coefficient (Wildman–Crippen LogP) is 2.92. The molecule has 0 amide bonds. The first kappa shape index (κ1) is 17.9. The summed E-state index contributed by atoms with van der Waals surface area (Å²) in [6.07, 6.45) is 4.29. The number of hydrogen-bond donors (Lipinski definition) is 1. The normalized spacial score (nSPS) is 58.8. The number of rotatable bonds is 1. The Morgan fingerprint density at radius 1 is 1.36 bits per heavy atom. The van der Waals surface area contributed by atoms with E-state index >= 15 is 0 Å². The average Bonchev–Trinajstić information content (AvgIpc) is 3.24. The molecule has 4 rings (SSSR count). The molecule has 3 fully saturated rings. The second kappa shape index (κ2) is 5.28. The molecule has 8 atom stereocenters. The summed E-state index contributed by atoms with van der Waals surface area (Å²) in [7, 11) is 0. The molecule has 1 N–H and O–H groups in total. The molecule has 0 aromatic carbocycles. The van der Waals surface area contributed by atoms with Gasteiger partial charge >= 0.3 is 0 Å². The number of aliphatic hydroxyl groups excluding tert-OH is 1. The molecule has 4 aliphatic rings. The average molecular weight is 519 g/mol. The SMILES string of the molecule is CCC12CC(C)C(C)=CC1OC1C(C)C(O)C2(C)C12CO2.[Ac]. The first-order chi connectivity index (χ1) is 9.84. The van der Waals surface area contributed by atoms with Gasteiger partial charge in [-0.2, -0.15) is 0 Å². The molecule has 8 unspecified atom stereocenters. The van der Waals surface area contributed by atoms with Gasteiger partial charge in [0.15, 0.2) is 0 Å². The van der Waals surface area contributed by atoms with Crippen LogP contribution in [0.3, 0.4) is 0 Å². The van der Waals surface area contributed by atoms with Crippen molar-refractivity contribution in [3.8, 4) is 0 Å². The van der Waals surface area contributed by atoms with Gasteiger partial charge in [-0.05, 0) is 25.7 Å². The zero-order chi connectivity index (χ0) is 15.2. The smallest absolute Gasteiger partial charge is 0.126 e. The monoisotopic (exact) mass is 519 g/mol. The number of hydrogen-bond acceptors (Lipinski definition) is 3. The molecule has 1 radical (unpaired) electrons. The van der Waals surface area contributed by atoms with E-state index < -0.39 is 0 Å². The minimum absolute atomic E-state index is 0. The van der Waals surface area contributed by atoms with E-state index in [9.17, 15) is 5.11 Å². The molecule has 1 saturated carbocycles. The van der Waals surface area contributed by atoms with Crippen molar-refractivity contribution in [1.82, 2.24) is 0 Å². The number of fused-ring (bicyclic) bond motifs is 2. The summed E-state index contributed by atoms with van der Waals surface area (Å²) in [6.45, 7) is 11.9. The third-order valence-corrected chi connectivity index (χ3v) is 7.73. The number of allylic oxidation sites excluding steroid dienone is 1. The molecular formula is C18H28AcO3. The van der Waals surface area contributed by atoms with Gasteiger partial charge in [0.25, 0.3) is 0 Å². The van der Waals surface area contributed by atoms with Crippen molar-refractivity contribution in [1.29, 1.82) is 0 Å². The van der Waals surface area contributed by atoms with Gasteiger partial charge in [-0.15, -0.1) is 0 Å². The van der Waals surface area contributed by atoms with E-state index in [4.69, 9.17) is 9.47 Å². The Morgan fingerprint density at radius 3 is 2.55 bits per heavy atom. The zero-order valence-corrected chi connectivity index (χ0v) is 19.2. The molecule has 3 nitrogen and oxygen atoms in total. The fraction of sp³-hybridized carbons (Fsp3) is 0.889. The molecule has 22 heavy (non-hydrogen) atoms. The fourth-order valence-corrected chi connectivity index (χ4v) is 6.09. The van der Waals surface area contributed by atoms with E-state index in [-0.39, 0.29) is 84.7 Å². The third kappa shape index (κ3) is 1.73. The summed E-state index contributed by atoms with van der Waals surface area (Å²) >= 11 is 0. The summed E-state index contributed by atoms with van der Waals surface area (Å²) in [6, 6.07) is 0. The topological polar surface area (TPSA) is 42.0 Å². The molecule has 2 saturated heterocycles. The maximum absolute atomic E-state index is 11.1. The molecule has 2 aliphatic carbocycles. The van der Waals surface area contributed by atoms with Crippen LogP contribution >= 0.6 is 0 Å². The van der Waals surface area contributed by atoms with Crippen molar-refractivity contribution in [3.05, 3.63) is 11.6 Å². The second-order valence-electron chi connectivity index (χ2n) is 8.19. The molecule has 1 spiro atoms. The van der Waals surface area contributed by atoms with Crippen LogP contribution in [0.25, 0.3) is 0 Å². The van der Waals surface area contributed by atoms with Crippen molar-refractivity contribution < 1.29 is 58.6 Å². The van der Waals surface area contributed by atoms with Crippen LogP contribution in [0, 0.1) is 66.7 Å². The van der Waals surface area contributed by atoms with Crippen LogP contribution in [0.1, 0.15) is 47.5 Å². The van der Waals surface area contributed by atoms with Gasteiger partial charge in [0.2, 0.25) is 0 Å². The first-order valence-corrected chi connectivity index (χ1v) is 8.50. The van der Waals surface area contributed by atoms with E-state index in [1.807, 2.05) is 0 Å². The minimum Gasteiger partial charge on any atom is -0.392 e. The molecule has 2 heterocycles. The fourth-order valence-electron chi connectivity index (χ4n) is 6.09. The van der Waals surface area contributed by atoms with E-state index in [0.717, 1.165) is 19.4 Å². The second-order valence-corrected chi connectivity index (χ2v) is 8.19. The predicted molar refractivity (Wildman–Crippen MR) is 80.9 cm³/mol. The molecule has 4 heteroatoms. The van der Waals surface area contributed by atoms with Crippen molar-refractivity contribution in [2.75, 3.05) is 6.61 Å². The van der Waals surface area contributed by atoms with Crippen LogP contribution in [0.2, 0.25) is 0 Å². The Balaban J connectivity index is 0.00000144. The summed E-state index contributed by atoms with van der Waals surface area (Å²) in [5.41, 5.74) is 0.981. The van der Waals surface area contributed by atoms with Gasteiger partial charge in [-0.3, -0.25) is 0 Å². The van der Waals surface area contributed by atoms with E-state index in [2.05, 4.69) is 40.7 Å². The van der Waals surface area contributed by atoms with Crippen molar-refractivity contribution >= 4 is 0 Å². The molecule has 2 aliphatic heterocycles. The molecular weight excluding hydrogens is 491 g/mol. The summed E-state index contributed by atoms with van der Waals surface area (Å²) in [4.78, 5) is 0. The van der Waals surface area contributed by atoms with Crippen LogP contribution in [-0.2, 0) is 9.47 Å². The molecule has 0 aromatic heterocycles. The van der Waals surface area contributed by atoms with Gasteiger partial charge in [0, 0.05) is 60.8 Å². The van der Waals surface area contributed by atoms with Gasteiger partial charge in [0.1, 0.15) is 5.60 Å². The first-order valence-electron chi connectivity index (χ1n) is 8.50. The summed E-state index contributed by atoms with van der Waals surface area (Å²) in [5.74, 6) is 0.701. The quantitative estimate of drug-likeness (QED) is 0.428. The Labute approximate surface area is 169 Å². The van der Waals surface area contributed by atoms with E-state index in [1.54, 1.807) is 0 Å². The van der Waals surface area contributed by atoms with Crippen LogP contribution < -0.4 is 0 Å². The zero-order valence-electron chi connectivity index (χ0n) is 14.4. The maximum Gasteiger partial charge on any atom is 0.126 e. The van der Waals surface area contributed by atoms with Crippen molar-refractivity contribution in [2.24, 2.45) is 22.7 Å². The van der Waals surface area contributed by atoms with Gasteiger partial charge in [0.05, 0.1) is 24.9 Å². The van der Waals surface area contributed by atoms with Crippen LogP contribution in [0.5, 0.6) is 0 Å². The Bertz CT molecular complexity index is 514. The van der Waals surface area contributed by atoms with E-state index in [0.29, 0.717) is 5.92 Å². The van der Waals surface area contributed by atoms with Gasteiger partial charge < -0.3 is 14.6 Å².